The summed E-state index contributed by atoms with van der Waals surface area (Å²) in [5.74, 6) is 1.23. The molecule has 1 aromatic carbocycles. The first-order chi connectivity index (χ1) is 10.0. The van der Waals surface area contributed by atoms with E-state index in [1.807, 2.05) is 30.5 Å². The highest BCUT2D eigenvalue weighted by atomic mass is 35.5. The van der Waals surface area contributed by atoms with Gasteiger partial charge in [-0.2, -0.15) is 0 Å². The molecule has 5 heteroatoms. The molecule has 21 heavy (non-hydrogen) atoms. The number of aromatic nitrogens is 2. The van der Waals surface area contributed by atoms with Crippen molar-refractivity contribution >= 4 is 28.5 Å². The average molecular weight is 308 g/mol. The zero-order chi connectivity index (χ0) is 15.4. The number of nitrogens with zero attached hydrogens (tertiary/aromatic N) is 2. The second kappa shape index (κ2) is 6.94. The Morgan fingerprint density at radius 3 is 2.90 bits per heavy atom. The van der Waals surface area contributed by atoms with Crippen molar-refractivity contribution in [2.45, 2.75) is 52.1 Å². The van der Waals surface area contributed by atoms with Crippen molar-refractivity contribution in [2.24, 2.45) is 0 Å². The molecule has 1 heterocycles. The van der Waals surface area contributed by atoms with Gasteiger partial charge in [0.1, 0.15) is 5.82 Å². The van der Waals surface area contributed by atoms with Gasteiger partial charge in [-0.15, -0.1) is 11.6 Å². The van der Waals surface area contributed by atoms with E-state index in [4.69, 9.17) is 11.6 Å². The summed E-state index contributed by atoms with van der Waals surface area (Å²) in [6, 6.07) is 6.33. The molecular weight excluding hydrogens is 286 g/mol. The fourth-order valence-electron chi connectivity index (χ4n) is 2.30. The highest BCUT2D eigenvalue weighted by Gasteiger charge is 2.12. The van der Waals surface area contributed by atoms with E-state index in [2.05, 4.69) is 23.3 Å². The number of rotatable bonds is 6. The summed E-state index contributed by atoms with van der Waals surface area (Å²) in [5, 5.41) is 2.98. The third kappa shape index (κ3) is 3.76. The lowest BCUT2D eigenvalue weighted by Gasteiger charge is -2.12. The Balaban J connectivity index is 2.17. The number of carbonyl (C=O) groups excluding carboxylic acids is 1. The number of carbonyl (C=O) groups is 1. The largest absolute Gasteiger partial charge is 0.354 e. The van der Waals surface area contributed by atoms with Gasteiger partial charge in [-0.25, -0.2) is 4.98 Å². The van der Waals surface area contributed by atoms with Crippen molar-refractivity contribution in [1.29, 1.82) is 0 Å². The molecule has 0 fully saturated rings. The van der Waals surface area contributed by atoms with Crippen LogP contribution in [-0.4, -0.2) is 21.5 Å². The third-order valence-electron chi connectivity index (χ3n) is 3.68. The van der Waals surface area contributed by atoms with Crippen LogP contribution in [0.3, 0.4) is 0 Å². The topological polar surface area (TPSA) is 46.9 Å². The fourth-order valence-corrected chi connectivity index (χ4v) is 2.50. The first-order valence-corrected chi connectivity index (χ1v) is 7.89. The van der Waals surface area contributed by atoms with Gasteiger partial charge in [0.15, 0.2) is 0 Å². The quantitative estimate of drug-likeness (QED) is 0.832. The molecule has 0 bridgehead atoms. The van der Waals surface area contributed by atoms with E-state index in [-0.39, 0.29) is 11.9 Å². The molecule has 1 unspecified atom stereocenters. The van der Waals surface area contributed by atoms with Gasteiger partial charge in [0.25, 0.3) is 0 Å². The van der Waals surface area contributed by atoms with E-state index < -0.39 is 0 Å². The van der Waals surface area contributed by atoms with Gasteiger partial charge in [0, 0.05) is 19.0 Å². The molecule has 0 aliphatic heterocycles. The van der Waals surface area contributed by atoms with Crippen molar-refractivity contribution in [3.63, 3.8) is 0 Å². The number of fused-ring (bicyclic) bond motifs is 1. The third-order valence-corrected chi connectivity index (χ3v) is 3.92. The van der Waals surface area contributed by atoms with Crippen LogP contribution < -0.4 is 5.32 Å². The number of amides is 1. The van der Waals surface area contributed by atoms with E-state index in [0.29, 0.717) is 18.8 Å². The van der Waals surface area contributed by atoms with Gasteiger partial charge >= 0.3 is 0 Å². The number of benzene rings is 1. The molecule has 1 aromatic heterocycles. The van der Waals surface area contributed by atoms with Crippen LogP contribution in [0.2, 0.25) is 0 Å². The minimum absolute atomic E-state index is 0.0689. The molecular formula is C16H22ClN3O. The maximum atomic E-state index is 11.9. The second-order valence-electron chi connectivity index (χ2n) is 5.43. The van der Waals surface area contributed by atoms with Gasteiger partial charge in [0.2, 0.25) is 5.91 Å². The zero-order valence-electron chi connectivity index (χ0n) is 12.8. The number of hydrogen-bond acceptors (Lipinski definition) is 2. The molecule has 0 aliphatic rings. The van der Waals surface area contributed by atoms with Crippen molar-refractivity contribution in [1.82, 2.24) is 14.9 Å². The SMILES string of the molecule is CCC(C)NC(=O)CCn1c(CCl)nc2ccc(C)cc21. The van der Waals surface area contributed by atoms with Crippen LogP contribution in [-0.2, 0) is 17.2 Å². The highest BCUT2D eigenvalue weighted by molar-refractivity contribution is 6.16. The molecule has 4 nitrogen and oxygen atoms in total. The predicted octanol–water partition coefficient (Wildman–Crippen LogP) is 3.39. The summed E-state index contributed by atoms with van der Waals surface area (Å²) in [6.45, 7) is 6.72. The second-order valence-corrected chi connectivity index (χ2v) is 5.70. The summed E-state index contributed by atoms with van der Waals surface area (Å²) < 4.78 is 2.05. The number of alkyl halides is 1. The lowest BCUT2D eigenvalue weighted by atomic mass is 10.2. The van der Waals surface area contributed by atoms with Crippen molar-refractivity contribution in [3.8, 4) is 0 Å². The van der Waals surface area contributed by atoms with E-state index in [0.717, 1.165) is 23.3 Å². The average Bonchev–Trinajstić information content (AvgIpc) is 2.81. The standard InChI is InChI=1S/C16H22ClN3O/c1-4-12(3)18-16(21)7-8-20-14-9-11(2)5-6-13(14)19-15(20)10-17/h5-6,9,12H,4,7-8,10H2,1-3H3,(H,18,21). The van der Waals surface area contributed by atoms with Gasteiger partial charge in [-0.1, -0.05) is 13.0 Å². The van der Waals surface area contributed by atoms with Gasteiger partial charge in [-0.3, -0.25) is 4.79 Å². The molecule has 2 aromatic rings. The smallest absolute Gasteiger partial charge is 0.221 e. The minimum atomic E-state index is 0.0689. The van der Waals surface area contributed by atoms with E-state index in [9.17, 15) is 4.79 Å². The van der Waals surface area contributed by atoms with Crippen LogP contribution in [0.25, 0.3) is 11.0 Å². The lowest BCUT2D eigenvalue weighted by molar-refractivity contribution is -0.121. The molecule has 1 atom stereocenters. The fraction of sp³-hybridized carbons (Fsp3) is 0.500. The zero-order valence-corrected chi connectivity index (χ0v) is 13.6. The first kappa shape index (κ1) is 15.8. The minimum Gasteiger partial charge on any atom is -0.354 e. The predicted molar refractivity (Wildman–Crippen MR) is 86.5 cm³/mol. The number of hydrogen-bond donors (Lipinski definition) is 1. The maximum Gasteiger partial charge on any atom is 0.221 e. The Bertz CT molecular complexity index is 636. The Labute approximate surface area is 130 Å². The number of nitrogens with one attached hydrogen (secondary N) is 1. The summed E-state index contributed by atoms with van der Waals surface area (Å²) >= 11 is 5.98. The van der Waals surface area contributed by atoms with Crippen LogP contribution in [0, 0.1) is 6.92 Å². The molecule has 1 N–H and O–H groups in total. The highest BCUT2D eigenvalue weighted by Crippen LogP contribution is 2.19. The summed E-state index contributed by atoms with van der Waals surface area (Å²) in [5.41, 5.74) is 3.15. The van der Waals surface area contributed by atoms with Gasteiger partial charge in [-0.05, 0) is 38.0 Å². The normalized spacial score (nSPS) is 12.6. The first-order valence-electron chi connectivity index (χ1n) is 7.36. The summed E-state index contributed by atoms with van der Waals surface area (Å²) in [4.78, 5) is 16.5. The maximum absolute atomic E-state index is 11.9. The van der Waals surface area contributed by atoms with Crippen molar-refractivity contribution < 1.29 is 4.79 Å². The van der Waals surface area contributed by atoms with Crippen LogP contribution in [0.1, 0.15) is 38.1 Å². The van der Waals surface area contributed by atoms with Crippen LogP contribution in [0.4, 0.5) is 0 Å². The molecule has 114 valence electrons. The monoisotopic (exact) mass is 307 g/mol. The molecule has 0 saturated carbocycles. The van der Waals surface area contributed by atoms with E-state index in [1.54, 1.807) is 0 Å². The van der Waals surface area contributed by atoms with E-state index in [1.165, 1.54) is 5.56 Å². The Morgan fingerprint density at radius 2 is 2.24 bits per heavy atom. The van der Waals surface area contributed by atoms with E-state index >= 15 is 0 Å². The van der Waals surface area contributed by atoms with Gasteiger partial charge < -0.3 is 9.88 Å². The van der Waals surface area contributed by atoms with Crippen molar-refractivity contribution in [2.75, 3.05) is 0 Å². The summed E-state index contributed by atoms with van der Waals surface area (Å²) in [7, 11) is 0. The lowest BCUT2D eigenvalue weighted by Crippen LogP contribution is -2.32. The van der Waals surface area contributed by atoms with Crippen LogP contribution >= 0.6 is 11.6 Å². The number of aryl methyl sites for hydroxylation is 2. The number of imidazole rings is 1. The molecule has 0 radical (unpaired) electrons. The van der Waals surface area contributed by atoms with Gasteiger partial charge in [0.05, 0.1) is 16.9 Å². The molecule has 0 saturated heterocycles. The Morgan fingerprint density at radius 1 is 1.48 bits per heavy atom. The summed E-state index contributed by atoms with van der Waals surface area (Å²) in [6.07, 6.45) is 1.37. The van der Waals surface area contributed by atoms with Crippen LogP contribution in [0.15, 0.2) is 18.2 Å². The Kier molecular flexibility index (Phi) is 5.23. The molecule has 0 spiro atoms. The molecule has 0 aliphatic carbocycles. The van der Waals surface area contributed by atoms with Crippen LogP contribution in [0.5, 0.6) is 0 Å². The van der Waals surface area contributed by atoms with Crippen molar-refractivity contribution in [3.05, 3.63) is 29.6 Å². The number of halogens is 1. The molecule has 1 amide bonds. The Hall–Kier alpha value is -1.55. The molecule has 2 rings (SSSR count).